The number of rotatable bonds is 5. The van der Waals surface area contributed by atoms with Crippen LogP contribution in [0.4, 0.5) is 0 Å². The molecule has 1 atom stereocenters. The van der Waals surface area contributed by atoms with Crippen molar-refractivity contribution in [2.24, 2.45) is 5.41 Å². The number of hydrogen-bond acceptors (Lipinski definition) is 2. The highest BCUT2D eigenvalue weighted by molar-refractivity contribution is 9.11. The summed E-state index contributed by atoms with van der Waals surface area (Å²) in [4.78, 5) is 0. The molecule has 0 aromatic heterocycles. The minimum atomic E-state index is 0.416. The molecule has 2 nitrogen and oxygen atoms in total. The number of ether oxygens (including phenoxy) is 1. The van der Waals surface area contributed by atoms with E-state index in [0.717, 1.165) is 21.2 Å². The van der Waals surface area contributed by atoms with Gasteiger partial charge in [-0.1, -0.05) is 20.3 Å². The van der Waals surface area contributed by atoms with Crippen molar-refractivity contribution in [1.29, 1.82) is 0 Å². The summed E-state index contributed by atoms with van der Waals surface area (Å²) in [7, 11) is 0. The molecule has 1 N–H and O–H groups in total. The SMILES string of the molecule is CCOc1c(Br)cc(CNC2CCCC2(C)C)cc1Br. The molecule has 1 saturated carbocycles. The predicted octanol–water partition coefficient (Wildman–Crippen LogP) is 5.28. The summed E-state index contributed by atoms with van der Waals surface area (Å²) in [5, 5.41) is 3.71. The maximum atomic E-state index is 5.62. The monoisotopic (exact) mass is 403 g/mol. The van der Waals surface area contributed by atoms with Gasteiger partial charge in [0.05, 0.1) is 15.6 Å². The molecule has 0 heterocycles. The Labute approximate surface area is 138 Å². The number of benzene rings is 1. The molecule has 0 bridgehead atoms. The third-order valence-corrected chi connectivity index (χ3v) is 5.33. The smallest absolute Gasteiger partial charge is 0.147 e. The lowest BCUT2D eigenvalue weighted by Crippen LogP contribution is -2.37. The van der Waals surface area contributed by atoms with Gasteiger partial charge in [0.1, 0.15) is 5.75 Å². The van der Waals surface area contributed by atoms with Crippen LogP contribution in [0, 0.1) is 5.41 Å². The van der Waals surface area contributed by atoms with Crippen molar-refractivity contribution in [3.8, 4) is 5.75 Å². The highest BCUT2D eigenvalue weighted by atomic mass is 79.9. The fourth-order valence-corrected chi connectivity index (χ4v) is 4.45. The maximum absolute atomic E-state index is 5.62. The molecule has 0 aliphatic heterocycles. The van der Waals surface area contributed by atoms with Gasteiger partial charge >= 0.3 is 0 Å². The number of hydrogen-bond donors (Lipinski definition) is 1. The van der Waals surface area contributed by atoms with Gasteiger partial charge in [0.15, 0.2) is 0 Å². The molecule has 1 fully saturated rings. The van der Waals surface area contributed by atoms with Gasteiger partial charge in [0.2, 0.25) is 0 Å². The normalized spacial score (nSPS) is 21.1. The Morgan fingerprint density at radius 2 is 1.95 bits per heavy atom. The van der Waals surface area contributed by atoms with Gasteiger partial charge in [-0.15, -0.1) is 0 Å². The van der Waals surface area contributed by atoms with Crippen molar-refractivity contribution in [2.45, 2.75) is 52.6 Å². The molecular weight excluding hydrogens is 382 g/mol. The minimum absolute atomic E-state index is 0.416. The summed E-state index contributed by atoms with van der Waals surface area (Å²) < 4.78 is 7.64. The van der Waals surface area contributed by atoms with Crippen LogP contribution in [-0.2, 0) is 6.54 Å². The van der Waals surface area contributed by atoms with E-state index >= 15 is 0 Å². The second kappa shape index (κ2) is 6.80. The summed E-state index contributed by atoms with van der Waals surface area (Å²) in [6, 6.07) is 4.90. The third-order valence-electron chi connectivity index (χ3n) is 4.16. The van der Waals surface area contributed by atoms with Crippen LogP contribution in [0.3, 0.4) is 0 Å². The molecule has 4 heteroatoms. The summed E-state index contributed by atoms with van der Waals surface area (Å²) >= 11 is 7.18. The largest absolute Gasteiger partial charge is 0.492 e. The average molecular weight is 405 g/mol. The second-order valence-electron chi connectivity index (χ2n) is 6.14. The maximum Gasteiger partial charge on any atom is 0.147 e. The summed E-state index contributed by atoms with van der Waals surface area (Å²) in [5.41, 5.74) is 1.69. The van der Waals surface area contributed by atoms with Gasteiger partial charge in [-0.25, -0.2) is 0 Å². The van der Waals surface area contributed by atoms with Gasteiger partial charge < -0.3 is 10.1 Å². The summed E-state index contributed by atoms with van der Waals surface area (Å²) in [5.74, 6) is 0.887. The fourth-order valence-electron chi connectivity index (χ4n) is 2.94. The van der Waals surface area contributed by atoms with E-state index in [1.54, 1.807) is 0 Å². The molecule has 2 rings (SSSR count). The Morgan fingerprint density at radius 1 is 1.30 bits per heavy atom. The summed E-state index contributed by atoms with van der Waals surface area (Å²) in [6.07, 6.45) is 3.94. The van der Waals surface area contributed by atoms with Crippen molar-refractivity contribution in [1.82, 2.24) is 5.32 Å². The molecule has 1 unspecified atom stereocenters. The highest BCUT2D eigenvalue weighted by Gasteiger charge is 2.33. The second-order valence-corrected chi connectivity index (χ2v) is 7.84. The van der Waals surface area contributed by atoms with E-state index in [-0.39, 0.29) is 0 Å². The lowest BCUT2D eigenvalue weighted by atomic mass is 9.87. The molecule has 112 valence electrons. The van der Waals surface area contributed by atoms with E-state index in [1.165, 1.54) is 24.8 Å². The molecule has 20 heavy (non-hydrogen) atoms. The lowest BCUT2D eigenvalue weighted by molar-refractivity contribution is 0.282. The number of halogens is 2. The van der Waals surface area contributed by atoms with Crippen molar-refractivity contribution in [3.63, 3.8) is 0 Å². The molecule has 1 aliphatic rings. The molecule has 1 aromatic rings. The van der Waals surface area contributed by atoms with Crippen LogP contribution in [0.2, 0.25) is 0 Å². The molecular formula is C16H23Br2NO. The van der Waals surface area contributed by atoms with Gasteiger partial charge in [0, 0.05) is 12.6 Å². The molecule has 0 saturated heterocycles. The zero-order valence-electron chi connectivity index (χ0n) is 12.4. The first-order valence-electron chi connectivity index (χ1n) is 7.28. The first-order chi connectivity index (χ1) is 9.44. The van der Waals surface area contributed by atoms with E-state index in [4.69, 9.17) is 4.74 Å². The lowest BCUT2D eigenvalue weighted by Gasteiger charge is -2.28. The van der Waals surface area contributed by atoms with Crippen LogP contribution < -0.4 is 10.1 Å². The minimum Gasteiger partial charge on any atom is -0.492 e. The van der Waals surface area contributed by atoms with Crippen molar-refractivity contribution >= 4 is 31.9 Å². The van der Waals surface area contributed by atoms with Crippen LogP contribution in [0.25, 0.3) is 0 Å². The predicted molar refractivity (Wildman–Crippen MR) is 91.3 cm³/mol. The van der Waals surface area contributed by atoms with Crippen molar-refractivity contribution in [2.75, 3.05) is 6.61 Å². The average Bonchev–Trinajstić information content (AvgIpc) is 2.70. The van der Waals surface area contributed by atoms with E-state index in [2.05, 4.69) is 63.2 Å². The zero-order valence-corrected chi connectivity index (χ0v) is 15.6. The van der Waals surface area contributed by atoms with Crippen LogP contribution in [0.15, 0.2) is 21.1 Å². The standard InChI is InChI=1S/C16H23Br2NO/c1-4-20-15-12(17)8-11(9-13(15)18)10-19-14-6-5-7-16(14,2)3/h8-9,14,19H,4-7,10H2,1-3H3. The summed E-state index contributed by atoms with van der Waals surface area (Å²) in [6.45, 7) is 8.29. The topological polar surface area (TPSA) is 21.3 Å². The van der Waals surface area contributed by atoms with Crippen LogP contribution >= 0.6 is 31.9 Å². The van der Waals surface area contributed by atoms with Crippen LogP contribution in [0.1, 0.15) is 45.6 Å². The quantitative estimate of drug-likeness (QED) is 0.720. The first-order valence-corrected chi connectivity index (χ1v) is 8.86. The number of nitrogens with one attached hydrogen (secondary N) is 1. The van der Waals surface area contributed by atoms with E-state index < -0.39 is 0 Å². The van der Waals surface area contributed by atoms with Gasteiger partial charge in [-0.05, 0) is 74.7 Å². The molecule has 0 spiro atoms. The molecule has 0 radical (unpaired) electrons. The Morgan fingerprint density at radius 3 is 2.45 bits per heavy atom. The molecule has 0 amide bonds. The zero-order chi connectivity index (χ0) is 14.8. The van der Waals surface area contributed by atoms with Crippen molar-refractivity contribution < 1.29 is 4.74 Å². The Balaban J connectivity index is 2.03. The first kappa shape index (κ1) is 16.3. The Bertz CT molecular complexity index is 451. The highest BCUT2D eigenvalue weighted by Crippen LogP contribution is 2.38. The van der Waals surface area contributed by atoms with E-state index in [1.807, 2.05) is 6.92 Å². The van der Waals surface area contributed by atoms with Gasteiger partial charge in [-0.2, -0.15) is 0 Å². The van der Waals surface area contributed by atoms with Gasteiger partial charge in [0.25, 0.3) is 0 Å². The Kier molecular flexibility index (Phi) is 5.55. The van der Waals surface area contributed by atoms with E-state index in [0.29, 0.717) is 18.1 Å². The molecule has 1 aliphatic carbocycles. The van der Waals surface area contributed by atoms with E-state index in [9.17, 15) is 0 Å². The third kappa shape index (κ3) is 3.77. The van der Waals surface area contributed by atoms with Gasteiger partial charge in [-0.3, -0.25) is 0 Å². The Hall–Kier alpha value is -0.0600. The molecule has 1 aromatic carbocycles. The van der Waals surface area contributed by atoms with Crippen LogP contribution in [0.5, 0.6) is 5.75 Å². The van der Waals surface area contributed by atoms with Crippen molar-refractivity contribution in [3.05, 3.63) is 26.6 Å². The van der Waals surface area contributed by atoms with Crippen LogP contribution in [-0.4, -0.2) is 12.6 Å². The fraction of sp³-hybridized carbons (Fsp3) is 0.625.